The van der Waals surface area contributed by atoms with Gasteiger partial charge in [-0.2, -0.15) is 0 Å². The van der Waals surface area contributed by atoms with Crippen LogP contribution in [0.4, 0.5) is 22.0 Å². The molecule has 0 aromatic heterocycles. The summed E-state index contributed by atoms with van der Waals surface area (Å²) in [4.78, 5) is 31.1. The Labute approximate surface area is 137 Å². The lowest BCUT2D eigenvalue weighted by Gasteiger charge is -2.18. The number of rotatable bonds is 8. The normalized spacial score (nSPS) is 14.8. The molecular weight excluding hydrogens is 378 g/mol. The minimum Gasteiger partial charge on any atom is -0.481 e. The van der Waals surface area contributed by atoms with Gasteiger partial charge in [-0.05, 0) is 6.42 Å². The first-order valence-corrected chi connectivity index (χ1v) is 8.66. The Bertz CT molecular complexity index is 724. The number of hydrogen-bond donors (Lipinski definition) is 3. The third-order valence-corrected chi connectivity index (χ3v) is 5.09. The number of carbonyl (C=O) groups is 2. The topological polar surface area (TPSA) is 112 Å². The molecule has 0 fully saturated rings. The second-order valence-electron chi connectivity index (χ2n) is 5.20. The summed E-state index contributed by atoms with van der Waals surface area (Å²) in [6, 6.07) is 0. The molecule has 0 saturated carbocycles. The summed E-state index contributed by atoms with van der Waals surface area (Å²) < 4.78 is 78.2. The zero-order valence-electron chi connectivity index (χ0n) is 12.3. The SMILES string of the molecule is O=C(O)CCC(CP(=O)(O)Cc1c(F)c(F)c(F)c(F)c1F)C(=O)O. The Morgan fingerprint density at radius 3 is 1.76 bits per heavy atom. The molecule has 0 bridgehead atoms. The molecule has 1 rings (SSSR count). The second-order valence-corrected chi connectivity index (χ2v) is 7.58. The highest BCUT2D eigenvalue weighted by atomic mass is 31.2. The van der Waals surface area contributed by atoms with Crippen LogP contribution < -0.4 is 0 Å². The average Bonchev–Trinajstić information content (AvgIpc) is 2.51. The fraction of sp³-hybridized carbons (Fsp3) is 0.385. The fourth-order valence-electron chi connectivity index (χ4n) is 2.04. The molecule has 0 aliphatic carbocycles. The van der Waals surface area contributed by atoms with Crippen LogP contribution in [-0.2, 0) is 20.3 Å². The Morgan fingerprint density at radius 1 is 0.920 bits per heavy atom. The Balaban J connectivity index is 3.10. The maximum absolute atomic E-state index is 13.5. The van der Waals surface area contributed by atoms with Gasteiger partial charge in [0.2, 0.25) is 13.2 Å². The van der Waals surface area contributed by atoms with Gasteiger partial charge in [0, 0.05) is 18.1 Å². The Morgan fingerprint density at radius 2 is 1.36 bits per heavy atom. The lowest BCUT2D eigenvalue weighted by atomic mass is 10.1. The van der Waals surface area contributed by atoms with Gasteiger partial charge in [0.25, 0.3) is 0 Å². The predicted octanol–water partition coefficient (Wildman–Crippen LogP) is 2.72. The summed E-state index contributed by atoms with van der Waals surface area (Å²) in [5.41, 5.74) is -1.54. The molecule has 0 saturated heterocycles. The van der Waals surface area contributed by atoms with Crippen LogP contribution in [0.2, 0.25) is 0 Å². The lowest BCUT2D eigenvalue weighted by Crippen LogP contribution is -2.20. The number of aliphatic carboxylic acids is 2. The average molecular weight is 390 g/mol. The van der Waals surface area contributed by atoms with Crippen LogP contribution in [0.25, 0.3) is 0 Å². The van der Waals surface area contributed by atoms with Crippen LogP contribution >= 0.6 is 7.37 Å². The smallest absolute Gasteiger partial charge is 0.307 e. The highest BCUT2D eigenvalue weighted by Crippen LogP contribution is 2.48. The van der Waals surface area contributed by atoms with E-state index in [0.717, 1.165) is 0 Å². The van der Waals surface area contributed by atoms with Gasteiger partial charge in [-0.25, -0.2) is 22.0 Å². The number of halogens is 5. The van der Waals surface area contributed by atoms with E-state index in [1.807, 2.05) is 0 Å². The van der Waals surface area contributed by atoms with Crippen LogP contribution in [0.15, 0.2) is 0 Å². The van der Waals surface area contributed by atoms with E-state index < -0.39 is 85.0 Å². The summed E-state index contributed by atoms with van der Waals surface area (Å²) in [6.07, 6.45) is -3.78. The van der Waals surface area contributed by atoms with Crippen LogP contribution in [0.1, 0.15) is 18.4 Å². The van der Waals surface area contributed by atoms with Crippen LogP contribution in [0.5, 0.6) is 0 Å². The van der Waals surface area contributed by atoms with Crippen molar-refractivity contribution in [3.63, 3.8) is 0 Å². The molecule has 6 nitrogen and oxygen atoms in total. The Kier molecular flexibility index (Phi) is 6.67. The molecular formula is C13H12F5O6P. The molecule has 0 aliphatic heterocycles. The quantitative estimate of drug-likeness (QED) is 0.272. The molecule has 1 aromatic rings. The molecule has 140 valence electrons. The first kappa shape index (κ1) is 21.0. The van der Waals surface area contributed by atoms with Crippen molar-refractivity contribution in [3.8, 4) is 0 Å². The van der Waals surface area contributed by atoms with Crippen molar-refractivity contribution in [1.29, 1.82) is 0 Å². The summed E-state index contributed by atoms with van der Waals surface area (Å²) in [6.45, 7) is 0. The number of hydrogen-bond acceptors (Lipinski definition) is 3. The molecule has 1 aromatic carbocycles. The van der Waals surface area contributed by atoms with Crippen molar-refractivity contribution >= 4 is 19.3 Å². The second kappa shape index (κ2) is 7.92. The van der Waals surface area contributed by atoms with E-state index in [4.69, 9.17) is 10.2 Å². The highest BCUT2D eigenvalue weighted by molar-refractivity contribution is 7.57. The van der Waals surface area contributed by atoms with Gasteiger partial charge in [-0.15, -0.1) is 0 Å². The van der Waals surface area contributed by atoms with Gasteiger partial charge in [-0.3, -0.25) is 14.2 Å². The molecule has 0 aliphatic rings. The van der Waals surface area contributed by atoms with Crippen molar-refractivity contribution in [2.24, 2.45) is 5.92 Å². The minimum absolute atomic E-state index is 0.549. The molecule has 25 heavy (non-hydrogen) atoms. The monoisotopic (exact) mass is 390 g/mol. The number of carboxylic acids is 2. The molecule has 0 heterocycles. The third-order valence-electron chi connectivity index (χ3n) is 3.27. The van der Waals surface area contributed by atoms with E-state index in [1.165, 1.54) is 0 Å². The number of benzene rings is 1. The summed E-state index contributed by atoms with van der Waals surface area (Å²) in [7, 11) is -4.70. The maximum atomic E-state index is 13.5. The minimum atomic E-state index is -4.70. The van der Waals surface area contributed by atoms with Gasteiger partial charge in [0.05, 0.1) is 12.1 Å². The summed E-state index contributed by atoms with van der Waals surface area (Å²) in [5, 5.41) is 17.4. The van der Waals surface area contributed by atoms with E-state index in [9.17, 15) is 41.0 Å². The fourth-order valence-corrected chi connectivity index (χ4v) is 3.96. The lowest BCUT2D eigenvalue weighted by molar-refractivity contribution is -0.142. The largest absolute Gasteiger partial charge is 0.481 e. The van der Waals surface area contributed by atoms with Crippen LogP contribution in [-0.4, -0.2) is 33.2 Å². The molecule has 2 unspecified atom stereocenters. The van der Waals surface area contributed by atoms with E-state index >= 15 is 0 Å². The van der Waals surface area contributed by atoms with Crippen molar-refractivity contribution in [3.05, 3.63) is 34.6 Å². The van der Waals surface area contributed by atoms with Crippen molar-refractivity contribution < 1.29 is 51.2 Å². The maximum Gasteiger partial charge on any atom is 0.307 e. The van der Waals surface area contributed by atoms with Crippen molar-refractivity contribution in [1.82, 2.24) is 0 Å². The summed E-state index contributed by atoms with van der Waals surface area (Å²) in [5.74, 6) is -16.3. The zero-order chi connectivity index (χ0) is 19.5. The molecule has 0 amide bonds. The Hall–Kier alpha value is -2.00. The van der Waals surface area contributed by atoms with Crippen LogP contribution in [0, 0.1) is 35.0 Å². The number of carboxylic acid groups (broad SMARTS) is 2. The first-order chi connectivity index (χ1) is 11.4. The first-order valence-electron chi connectivity index (χ1n) is 6.63. The predicted molar refractivity (Wildman–Crippen MR) is 72.6 cm³/mol. The van der Waals surface area contributed by atoms with Gasteiger partial charge in [0.1, 0.15) is 0 Å². The van der Waals surface area contributed by atoms with Crippen LogP contribution in [0.3, 0.4) is 0 Å². The van der Waals surface area contributed by atoms with Gasteiger partial charge >= 0.3 is 11.9 Å². The zero-order valence-corrected chi connectivity index (χ0v) is 13.2. The summed E-state index contributed by atoms with van der Waals surface area (Å²) >= 11 is 0. The van der Waals surface area contributed by atoms with Gasteiger partial charge < -0.3 is 15.1 Å². The molecule has 12 heteroatoms. The molecule has 0 radical (unpaired) electrons. The van der Waals surface area contributed by atoms with Crippen molar-refractivity contribution in [2.75, 3.05) is 6.16 Å². The standard InChI is InChI=1S/C13H12F5O6P/c14-8-6(9(15)11(17)12(18)10(8)16)4-25(23,24)3-5(13(21)22)1-2-7(19)20/h5H,1-4H2,(H,19,20)(H,21,22)(H,23,24). The van der Waals surface area contributed by atoms with E-state index in [-0.39, 0.29) is 0 Å². The molecule has 2 atom stereocenters. The highest BCUT2D eigenvalue weighted by Gasteiger charge is 2.34. The van der Waals surface area contributed by atoms with E-state index in [2.05, 4.69) is 0 Å². The third kappa shape index (κ3) is 5.23. The van der Waals surface area contributed by atoms with Crippen molar-refractivity contribution in [2.45, 2.75) is 19.0 Å². The van der Waals surface area contributed by atoms with E-state index in [0.29, 0.717) is 0 Å². The molecule has 0 spiro atoms. The van der Waals surface area contributed by atoms with Gasteiger partial charge in [0.15, 0.2) is 23.3 Å². The van der Waals surface area contributed by atoms with Gasteiger partial charge in [-0.1, -0.05) is 0 Å². The molecule has 3 N–H and O–H groups in total. The van der Waals surface area contributed by atoms with E-state index in [1.54, 1.807) is 0 Å².